The molecule has 0 bridgehead atoms. The highest BCUT2D eigenvalue weighted by Crippen LogP contribution is 2.42. The van der Waals surface area contributed by atoms with Crippen LogP contribution in [0.3, 0.4) is 0 Å². The highest BCUT2D eigenvalue weighted by Gasteiger charge is 2.63. The number of nitrogens with one attached hydrogen (secondary N) is 4. The molecule has 0 aromatic carbocycles. The predicted molar refractivity (Wildman–Crippen MR) is 416 cm³/mol. The normalized spacial score (nSPS) is 49.4. The third kappa shape index (κ3) is 25.3. The number of ether oxygens (including phenoxy) is 21. The molecular weight excluding hydrogens is 1890 g/mol. The molecule has 61 nitrogen and oxygen atoms in total. The summed E-state index contributed by atoms with van der Waals surface area (Å²) in [7, 11) is -5.67. The van der Waals surface area contributed by atoms with Crippen molar-refractivity contribution in [3.8, 4) is 0 Å². The van der Waals surface area contributed by atoms with Crippen LogP contribution in [-0.2, 0) is 133 Å². The van der Waals surface area contributed by atoms with Gasteiger partial charge in [0, 0.05) is 27.7 Å². The van der Waals surface area contributed by atoms with E-state index < -0.39 is 431 Å². The summed E-state index contributed by atoms with van der Waals surface area (Å²) in [5, 5.41) is 325. The van der Waals surface area contributed by atoms with Crippen LogP contribution < -0.4 is 21.3 Å². The largest absolute Gasteiger partial charge is 0.397 e. The van der Waals surface area contributed by atoms with Crippen molar-refractivity contribution in [2.75, 3.05) is 59.5 Å². The van der Waals surface area contributed by atoms with Crippen LogP contribution in [0.5, 0.6) is 0 Å². The fraction of sp³-hybridized carbons (Fsp3) is 0.946. The monoisotopic (exact) mass is 2010 g/mol. The fourth-order valence-corrected chi connectivity index (χ4v) is 17.6. The van der Waals surface area contributed by atoms with Crippen molar-refractivity contribution in [2.45, 2.75) is 379 Å². The molecule has 0 saturated carbocycles. The summed E-state index contributed by atoms with van der Waals surface area (Å²) in [6.45, 7) is -4.89. The van der Waals surface area contributed by atoms with Gasteiger partial charge in [-0.1, -0.05) is 0 Å². The smallest absolute Gasteiger partial charge is 0.394 e. The summed E-state index contributed by atoms with van der Waals surface area (Å²) in [4.78, 5) is 52.7. The molecule has 0 unspecified atom stereocenters. The lowest BCUT2D eigenvalue weighted by atomic mass is 9.93. The van der Waals surface area contributed by atoms with Gasteiger partial charge < -0.3 is 264 Å². The van der Waals surface area contributed by atoms with Gasteiger partial charge in [-0.2, -0.15) is 8.42 Å². The number of carbonyl (C=O) groups is 4. The van der Waals surface area contributed by atoms with E-state index in [2.05, 4.69) is 21.3 Å². The lowest BCUT2D eigenvalue weighted by molar-refractivity contribution is -0.403. The van der Waals surface area contributed by atoms with Crippen LogP contribution in [0.25, 0.3) is 0 Å². The minimum absolute atomic E-state index is 0.819. The maximum absolute atomic E-state index is 13.7. The van der Waals surface area contributed by atoms with Crippen LogP contribution in [0.1, 0.15) is 41.5 Å². The van der Waals surface area contributed by atoms with E-state index in [1.165, 1.54) is 6.92 Å². The van der Waals surface area contributed by atoms with Gasteiger partial charge in [-0.25, -0.2) is 4.18 Å². The topological polar surface area (TPSA) is 940 Å². The molecule has 55 atom stereocenters. The highest BCUT2D eigenvalue weighted by atomic mass is 32.3. The van der Waals surface area contributed by atoms with Gasteiger partial charge in [-0.3, -0.25) is 23.7 Å². The third-order valence-corrected chi connectivity index (χ3v) is 25.1. The second kappa shape index (κ2) is 48.2. The van der Waals surface area contributed by atoms with E-state index in [1.54, 1.807) is 0 Å². The lowest BCUT2D eigenvalue weighted by Crippen LogP contribution is -2.71. The number of amides is 4. The molecule has 11 aliphatic heterocycles. The molecule has 0 aliphatic carbocycles. The fourth-order valence-electron chi connectivity index (χ4n) is 17.3. The first kappa shape index (κ1) is 112. The molecule has 33 N–H and O–H groups in total. The molecule has 0 aromatic heterocycles. The minimum Gasteiger partial charge on any atom is -0.394 e. The maximum atomic E-state index is 13.7. The minimum atomic E-state index is -5.67. The molecule has 788 valence electrons. The van der Waals surface area contributed by atoms with Crippen LogP contribution in [0.4, 0.5) is 0 Å². The average molecular weight is 2010 g/mol. The Morgan fingerprint density at radius 3 is 0.978 bits per heavy atom. The van der Waals surface area contributed by atoms with Crippen molar-refractivity contribution in [3.05, 3.63) is 0 Å². The van der Waals surface area contributed by atoms with E-state index in [9.17, 15) is 175 Å². The number of aliphatic hydroxyl groups excluding tert-OH is 28. The zero-order valence-corrected chi connectivity index (χ0v) is 73.7. The molecule has 0 spiro atoms. The van der Waals surface area contributed by atoms with Gasteiger partial charge >= 0.3 is 10.4 Å². The van der Waals surface area contributed by atoms with Crippen LogP contribution in [-0.4, -0.2) is 577 Å². The Labute approximate surface area is 770 Å². The van der Waals surface area contributed by atoms with Crippen molar-refractivity contribution in [3.63, 3.8) is 0 Å². The first-order valence-corrected chi connectivity index (χ1v) is 44.4. The summed E-state index contributed by atoms with van der Waals surface area (Å²) < 4.78 is 166. The summed E-state index contributed by atoms with van der Waals surface area (Å²) >= 11 is 0. The van der Waals surface area contributed by atoms with E-state index >= 15 is 0 Å². The van der Waals surface area contributed by atoms with Crippen LogP contribution in [0.2, 0.25) is 0 Å². The lowest BCUT2D eigenvalue weighted by Gasteiger charge is -2.52. The number of rotatable bonds is 35. The summed E-state index contributed by atoms with van der Waals surface area (Å²) in [5.41, 5.74) is 0. The second-order valence-corrected chi connectivity index (χ2v) is 35.4. The van der Waals surface area contributed by atoms with Crippen molar-refractivity contribution < 1.29 is 279 Å². The number of aliphatic hydroxyl groups is 28. The standard InChI is InChI=1S/C74H124N4O57S/c1-16-35(89)45(99)51(105)68(117-16)114-14-29-58(42(96)31(64(110)119-29)75-18(3)85)128-65-32(76-19(4)86)43(97)57(27(12-84)124-65)130-72-55(109)61(41(95)28(126-72)13-115-73-62(49(103)39(93)24(9-81)122-73)134-66-33(77-20(5)87)44(98)56(26(11-83)125-66)129-70-53(107)47(101)37(91)22(7-79)120-70)133-74-63(50(104)40(94)25(10-82)123-74)135-67-34(78-21(6)88)60(132-69-52(106)46(100)36(90)17(2)118-69)59(30(127-67)15-116-136(111,112)113)131-71-54(108)48(102)38(92)23(8-80)121-71/h16-17,22-74,79-84,89-110H,7-15H2,1-6H3,(H,75,85)(H,76,86)(H,77,87)(H,78,88)(H,111,112,113)/t16-,17-,22+,23+,24+,25+,26+,27+,28+,29+,30+,31+,32+,33+,34+,35+,36+,37-,38-,39+,40+,41+,42+,43+,44+,45+,46+,47-,48-,49-,50-,51-,52-,53+,54+,55-,56+,57+,58+,59+,60+,61-,62-,63-,64+,65-,66-,67-,68+,69-,70-,71-,72-,73-,74+/m0/s1. The van der Waals surface area contributed by atoms with Gasteiger partial charge in [-0.15, -0.1) is 0 Å². The molecule has 4 amide bonds. The molecule has 11 saturated heterocycles. The van der Waals surface area contributed by atoms with Gasteiger partial charge in [0.15, 0.2) is 69.2 Å². The Hall–Kier alpha value is -4.21. The van der Waals surface area contributed by atoms with Crippen molar-refractivity contribution in [1.82, 2.24) is 21.3 Å². The molecule has 11 fully saturated rings. The van der Waals surface area contributed by atoms with E-state index in [-0.39, 0.29) is 0 Å². The van der Waals surface area contributed by atoms with Crippen molar-refractivity contribution >= 4 is 34.0 Å². The van der Waals surface area contributed by atoms with E-state index in [0.717, 1.165) is 34.6 Å². The predicted octanol–water partition coefficient (Wildman–Crippen LogP) is -22.5. The molecule has 62 heteroatoms. The van der Waals surface area contributed by atoms with Gasteiger partial charge in [0.25, 0.3) is 0 Å². The summed E-state index contributed by atoms with van der Waals surface area (Å²) in [6.07, 6.45) is -111. The summed E-state index contributed by atoms with van der Waals surface area (Å²) in [6, 6.07) is -8.16. The van der Waals surface area contributed by atoms with Crippen molar-refractivity contribution in [1.29, 1.82) is 0 Å². The van der Waals surface area contributed by atoms with E-state index in [1.807, 2.05) is 0 Å². The molecule has 0 aromatic rings. The molecule has 0 radical (unpaired) electrons. The molecular formula is C74H124N4O57S. The summed E-state index contributed by atoms with van der Waals surface area (Å²) in [5.74, 6) is -4.06. The molecule has 11 heterocycles. The van der Waals surface area contributed by atoms with Gasteiger partial charge in [0.1, 0.15) is 256 Å². The third-order valence-electron chi connectivity index (χ3n) is 24.7. The second-order valence-electron chi connectivity index (χ2n) is 34.3. The van der Waals surface area contributed by atoms with E-state index in [0.29, 0.717) is 0 Å². The Balaban J connectivity index is 0.969. The quantitative estimate of drug-likeness (QED) is 0.0262. The zero-order valence-electron chi connectivity index (χ0n) is 72.9. The SMILES string of the molecule is CC(=O)N[C@@H]1[C@@H](O)[C@H](O[C@@H]2O[C@H](CO)[C@@H](O[C@@H]3O[C@H](CO[C@H]4O[C@H](CO)[C@@H](O)[C@H](O)[C@@H]4O[C@@H]4O[C@H](CO)[C@@H](O[C@@H]5O[C@H](CO)[C@H](O)[C@H](O)[C@H]5O)[C@H](O)[C@H]4NC(C)=O)[C@@H](O)[C@H](O[C@H]4O[C@H](CO)[C@@H](O)[C@H](O)[C@@H]4O[C@@H]4O[C@H](COS(=O)(=O)O)[C@@H](O[C@@H]5O[C@H](CO)[C@H](O)[C@H](O)[C@H]5O)[C@H](O[C@@H]5O[C@@H](C)[C@@H](O)[C@@H](O)[C@@H]5O)[C@H]4NC(C)=O)[C@@H]3O)[C@H](O)[C@H]2NC(C)=O)[C@@H](CO[C@@H]2O[C@@H](C)[C@@H](O)[C@@H](O)[C@@H]2O)O[C@H]1O. The number of hydrogen-bond acceptors (Lipinski definition) is 56. The van der Waals surface area contributed by atoms with Crippen LogP contribution in [0.15, 0.2) is 0 Å². The zero-order chi connectivity index (χ0) is 100. The Morgan fingerprint density at radius 2 is 0.529 bits per heavy atom. The van der Waals surface area contributed by atoms with Crippen LogP contribution >= 0.6 is 0 Å². The maximum Gasteiger partial charge on any atom is 0.397 e. The van der Waals surface area contributed by atoms with E-state index in [4.69, 9.17) is 104 Å². The van der Waals surface area contributed by atoms with Crippen LogP contribution in [0, 0.1) is 0 Å². The number of hydrogen-bond donors (Lipinski definition) is 33. The first-order valence-electron chi connectivity index (χ1n) is 43.0. The van der Waals surface area contributed by atoms with Gasteiger partial charge in [-0.05, 0) is 13.8 Å². The highest BCUT2D eigenvalue weighted by molar-refractivity contribution is 7.80. The van der Waals surface area contributed by atoms with Crippen molar-refractivity contribution in [2.24, 2.45) is 0 Å². The Bertz CT molecular complexity index is 3890. The van der Waals surface area contributed by atoms with Gasteiger partial charge in [0.2, 0.25) is 23.6 Å². The average Bonchev–Trinajstić information content (AvgIpc) is 0.756. The number of carbonyl (C=O) groups excluding carboxylic acids is 4. The molecule has 136 heavy (non-hydrogen) atoms. The molecule has 11 aliphatic rings. The Kier molecular flexibility index (Phi) is 39.7. The first-order chi connectivity index (χ1) is 64.0. The Morgan fingerprint density at radius 1 is 0.243 bits per heavy atom. The molecule has 11 rings (SSSR count). The van der Waals surface area contributed by atoms with Gasteiger partial charge in [0.05, 0.1) is 71.7 Å².